The van der Waals surface area contributed by atoms with Gasteiger partial charge in [-0.25, -0.2) is 5.84 Å². The summed E-state index contributed by atoms with van der Waals surface area (Å²) in [5.41, 5.74) is 2.56. The van der Waals surface area contributed by atoms with E-state index < -0.39 is 5.60 Å². The number of pyridine rings is 1. The molecule has 18 heavy (non-hydrogen) atoms. The maximum Gasteiger partial charge on any atom is 0.266 e. The molecule has 0 radical (unpaired) electrons. The summed E-state index contributed by atoms with van der Waals surface area (Å²) in [5.74, 6) is 4.67. The van der Waals surface area contributed by atoms with Crippen LogP contribution in [0.25, 0.3) is 0 Å². The van der Waals surface area contributed by atoms with Gasteiger partial charge in [0.15, 0.2) is 0 Å². The third-order valence-electron chi connectivity index (χ3n) is 2.31. The van der Waals surface area contributed by atoms with Gasteiger partial charge in [-0.05, 0) is 33.0 Å². The fourth-order valence-electron chi connectivity index (χ4n) is 1.73. The molecule has 6 heteroatoms. The largest absolute Gasteiger partial charge is 0.389 e. The molecule has 1 amide bonds. The average Bonchev–Trinajstić information content (AvgIpc) is 2.26. The fourth-order valence-corrected chi connectivity index (χ4v) is 1.73. The number of nitrogen functional groups attached to an aromatic ring is 1. The van der Waals surface area contributed by atoms with Gasteiger partial charge in [-0.3, -0.25) is 20.1 Å². The van der Waals surface area contributed by atoms with Crippen molar-refractivity contribution in [2.45, 2.75) is 26.0 Å². The Labute approximate surface area is 107 Å². The van der Waals surface area contributed by atoms with Crippen molar-refractivity contribution >= 4 is 5.91 Å². The highest BCUT2D eigenvalue weighted by atomic mass is 16.3. The van der Waals surface area contributed by atoms with Crippen molar-refractivity contribution in [3.8, 4) is 0 Å². The van der Waals surface area contributed by atoms with E-state index in [-0.39, 0.29) is 5.91 Å². The van der Waals surface area contributed by atoms with Crippen LogP contribution in [0, 0.1) is 0 Å². The van der Waals surface area contributed by atoms with Crippen molar-refractivity contribution < 1.29 is 9.90 Å². The Hall–Kier alpha value is -1.50. The van der Waals surface area contributed by atoms with E-state index in [1.807, 2.05) is 11.9 Å². The van der Waals surface area contributed by atoms with E-state index in [0.717, 1.165) is 5.69 Å². The second-order valence-electron chi connectivity index (χ2n) is 5.00. The highest BCUT2D eigenvalue weighted by Crippen LogP contribution is 2.07. The monoisotopic (exact) mass is 252 g/mol. The molecule has 100 valence electrons. The summed E-state index contributed by atoms with van der Waals surface area (Å²) in [6.07, 6.45) is 1.48. The van der Waals surface area contributed by atoms with Gasteiger partial charge in [-0.1, -0.05) is 0 Å². The lowest BCUT2D eigenvalue weighted by molar-refractivity contribution is 0.0421. The van der Waals surface area contributed by atoms with Crippen LogP contribution in [0.5, 0.6) is 0 Å². The summed E-state index contributed by atoms with van der Waals surface area (Å²) in [6.45, 7) is 4.66. The van der Waals surface area contributed by atoms with Crippen LogP contribution in [0.1, 0.15) is 29.9 Å². The van der Waals surface area contributed by atoms with E-state index >= 15 is 0 Å². The van der Waals surface area contributed by atoms with Crippen LogP contribution in [0.3, 0.4) is 0 Å². The average molecular weight is 252 g/mol. The van der Waals surface area contributed by atoms with Crippen molar-refractivity contribution in [3.63, 3.8) is 0 Å². The van der Waals surface area contributed by atoms with E-state index in [1.54, 1.807) is 26.0 Å². The molecule has 1 heterocycles. The minimum absolute atomic E-state index is 0.362. The number of hydrogen-bond acceptors (Lipinski definition) is 5. The first-order valence-corrected chi connectivity index (χ1v) is 5.68. The molecule has 4 N–H and O–H groups in total. The Morgan fingerprint density at radius 1 is 1.56 bits per heavy atom. The Bertz CT molecular complexity index is 398. The molecule has 1 aromatic heterocycles. The molecule has 0 aliphatic carbocycles. The number of carbonyl (C=O) groups is 1. The first-order chi connectivity index (χ1) is 8.31. The van der Waals surface area contributed by atoms with E-state index in [9.17, 15) is 9.90 Å². The quantitative estimate of drug-likeness (QED) is 0.386. The van der Waals surface area contributed by atoms with Crippen LogP contribution in [-0.4, -0.2) is 40.1 Å². The van der Waals surface area contributed by atoms with Crippen LogP contribution in [-0.2, 0) is 6.54 Å². The van der Waals surface area contributed by atoms with Gasteiger partial charge in [0.2, 0.25) is 0 Å². The predicted molar refractivity (Wildman–Crippen MR) is 68.5 cm³/mol. The minimum Gasteiger partial charge on any atom is -0.389 e. The van der Waals surface area contributed by atoms with Gasteiger partial charge < -0.3 is 5.11 Å². The molecule has 0 aliphatic rings. The van der Waals surface area contributed by atoms with Crippen LogP contribution >= 0.6 is 0 Å². The van der Waals surface area contributed by atoms with Crippen molar-refractivity contribution in [2.24, 2.45) is 5.84 Å². The molecule has 0 bridgehead atoms. The Kier molecular flexibility index (Phi) is 4.77. The first-order valence-electron chi connectivity index (χ1n) is 5.68. The predicted octanol–water partition coefficient (Wildman–Crippen LogP) is -0.112. The number of hydrazine groups is 1. The third kappa shape index (κ3) is 4.79. The zero-order valence-electron chi connectivity index (χ0n) is 11.0. The molecule has 0 saturated carbocycles. The van der Waals surface area contributed by atoms with E-state index in [0.29, 0.717) is 18.7 Å². The van der Waals surface area contributed by atoms with Crippen molar-refractivity contribution in [2.75, 3.05) is 13.6 Å². The van der Waals surface area contributed by atoms with E-state index in [1.165, 1.54) is 6.20 Å². The van der Waals surface area contributed by atoms with Gasteiger partial charge in [0.25, 0.3) is 5.91 Å². The molecular weight excluding hydrogens is 232 g/mol. The molecule has 0 atom stereocenters. The Morgan fingerprint density at radius 3 is 2.67 bits per heavy atom. The highest BCUT2D eigenvalue weighted by molar-refractivity contribution is 5.93. The molecule has 0 unspecified atom stereocenters. The first kappa shape index (κ1) is 14.6. The molecule has 1 rings (SSSR count). The van der Waals surface area contributed by atoms with Gasteiger partial charge in [0.05, 0.1) is 16.9 Å². The van der Waals surface area contributed by atoms with Crippen LogP contribution in [0.2, 0.25) is 0 Å². The van der Waals surface area contributed by atoms with Gasteiger partial charge in [-0.15, -0.1) is 0 Å². The molecule has 6 nitrogen and oxygen atoms in total. The second-order valence-corrected chi connectivity index (χ2v) is 5.00. The maximum atomic E-state index is 11.2. The number of amides is 1. The number of carbonyl (C=O) groups excluding carboxylic acids is 1. The summed E-state index contributed by atoms with van der Waals surface area (Å²) < 4.78 is 0. The van der Waals surface area contributed by atoms with E-state index in [2.05, 4.69) is 10.4 Å². The molecule has 0 spiro atoms. The Balaban J connectivity index is 2.61. The number of aliphatic hydroxyl groups is 1. The Morgan fingerprint density at radius 2 is 2.22 bits per heavy atom. The normalized spacial score (nSPS) is 11.7. The molecular formula is C12H20N4O2. The summed E-state index contributed by atoms with van der Waals surface area (Å²) in [7, 11) is 1.90. The highest BCUT2D eigenvalue weighted by Gasteiger charge is 2.16. The zero-order chi connectivity index (χ0) is 13.8. The number of nitrogens with one attached hydrogen (secondary N) is 1. The van der Waals surface area contributed by atoms with Gasteiger partial charge in [0.1, 0.15) is 0 Å². The molecule has 0 aliphatic heterocycles. The van der Waals surface area contributed by atoms with Gasteiger partial charge in [-0.2, -0.15) is 0 Å². The van der Waals surface area contributed by atoms with Crippen LogP contribution in [0.4, 0.5) is 0 Å². The fraction of sp³-hybridized carbons (Fsp3) is 0.500. The lowest BCUT2D eigenvalue weighted by Gasteiger charge is -2.25. The summed E-state index contributed by atoms with van der Waals surface area (Å²) in [4.78, 5) is 17.4. The number of nitrogens with zero attached hydrogens (tertiary/aromatic N) is 2. The van der Waals surface area contributed by atoms with Crippen LogP contribution in [0.15, 0.2) is 18.3 Å². The zero-order valence-corrected chi connectivity index (χ0v) is 11.0. The number of rotatable bonds is 5. The van der Waals surface area contributed by atoms with Crippen molar-refractivity contribution in [1.29, 1.82) is 0 Å². The molecule has 0 aromatic carbocycles. The molecule has 0 saturated heterocycles. The molecule has 0 fully saturated rings. The minimum atomic E-state index is -0.742. The van der Waals surface area contributed by atoms with E-state index in [4.69, 9.17) is 5.84 Å². The number of likely N-dealkylation sites (N-methyl/N-ethyl adjacent to an activating group) is 1. The number of hydrogen-bond donors (Lipinski definition) is 3. The van der Waals surface area contributed by atoms with Gasteiger partial charge >= 0.3 is 0 Å². The summed E-state index contributed by atoms with van der Waals surface area (Å²) >= 11 is 0. The lowest BCUT2D eigenvalue weighted by atomic mass is 10.1. The van der Waals surface area contributed by atoms with Crippen molar-refractivity contribution in [3.05, 3.63) is 29.6 Å². The topological polar surface area (TPSA) is 91.5 Å². The summed E-state index contributed by atoms with van der Waals surface area (Å²) in [6, 6.07) is 3.44. The van der Waals surface area contributed by atoms with Gasteiger partial charge in [0, 0.05) is 19.3 Å². The van der Waals surface area contributed by atoms with Crippen molar-refractivity contribution in [1.82, 2.24) is 15.3 Å². The standard InChI is InChI=1S/C12H20N4O2/c1-12(2,18)8-16(3)7-10-5-4-9(6-14-10)11(17)15-13/h4-6,18H,7-8,13H2,1-3H3,(H,15,17). The summed E-state index contributed by atoms with van der Waals surface area (Å²) in [5, 5.41) is 9.69. The SMILES string of the molecule is CN(Cc1ccc(C(=O)NN)cn1)CC(C)(C)O. The number of aromatic nitrogens is 1. The number of nitrogens with two attached hydrogens (primary N) is 1. The smallest absolute Gasteiger partial charge is 0.266 e. The second kappa shape index (κ2) is 5.90. The van der Waals surface area contributed by atoms with Crippen LogP contribution < -0.4 is 11.3 Å². The lowest BCUT2D eigenvalue weighted by Crippen LogP contribution is -2.36. The molecule has 1 aromatic rings. The maximum absolute atomic E-state index is 11.2. The third-order valence-corrected chi connectivity index (χ3v) is 2.31.